The summed E-state index contributed by atoms with van der Waals surface area (Å²) < 4.78 is 5.63. The van der Waals surface area contributed by atoms with Gasteiger partial charge in [0.1, 0.15) is 5.75 Å². The standard InChI is InChI=1S/C25H32N2O2/c1-2-17-29-24-10-7-20(8-11-24)9-12-25(28)27-16-14-23(19-27)26-15-13-21-5-3-4-6-22(21)18-26/h3-8,10-11,23H,2,9,12-19H2,1H3/t23-/m1/s1. The molecule has 2 aromatic rings. The molecule has 0 bridgehead atoms. The van der Waals surface area contributed by atoms with Crippen LogP contribution in [0.4, 0.5) is 0 Å². The molecule has 4 nitrogen and oxygen atoms in total. The summed E-state index contributed by atoms with van der Waals surface area (Å²) in [5.41, 5.74) is 4.14. The third kappa shape index (κ3) is 4.99. The fourth-order valence-corrected chi connectivity index (χ4v) is 4.48. The summed E-state index contributed by atoms with van der Waals surface area (Å²) in [5.74, 6) is 1.20. The Morgan fingerprint density at radius 2 is 1.86 bits per heavy atom. The molecule has 2 aliphatic heterocycles. The van der Waals surface area contributed by atoms with Crippen LogP contribution in [0.25, 0.3) is 0 Å². The first-order chi connectivity index (χ1) is 14.2. The quantitative estimate of drug-likeness (QED) is 0.712. The van der Waals surface area contributed by atoms with Crippen molar-refractivity contribution >= 4 is 5.91 Å². The monoisotopic (exact) mass is 392 g/mol. The highest BCUT2D eigenvalue weighted by atomic mass is 16.5. The van der Waals surface area contributed by atoms with Gasteiger partial charge in [-0.05, 0) is 54.5 Å². The third-order valence-corrected chi connectivity index (χ3v) is 6.22. The molecule has 0 aliphatic carbocycles. The Bertz CT molecular complexity index is 818. The van der Waals surface area contributed by atoms with Crippen LogP contribution in [0, 0.1) is 0 Å². The van der Waals surface area contributed by atoms with Gasteiger partial charge in [-0.1, -0.05) is 43.3 Å². The van der Waals surface area contributed by atoms with E-state index in [1.165, 1.54) is 16.7 Å². The molecule has 1 atom stereocenters. The van der Waals surface area contributed by atoms with Crippen LogP contribution in [0.15, 0.2) is 48.5 Å². The van der Waals surface area contributed by atoms with Gasteiger partial charge >= 0.3 is 0 Å². The molecule has 1 amide bonds. The number of nitrogens with zero attached hydrogens (tertiary/aromatic N) is 2. The van der Waals surface area contributed by atoms with Crippen LogP contribution in [0.1, 0.15) is 42.9 Å². The molecular weight excluding hydrogens is 360 g/mol. The molecule has 29 heavy (non-hydrogen) atoms. The van der Waals surface area contributed by atoms with E-state index in [4.69, 9.17) is 4.74 Å². The molecule has 0 unspecified atom stereocenters. The van der Waals surface area contributed by atoms with Crippen LogP contribution in [0.3, 0.4) is 0 Å². The minimum Gasteiger partial charge on any atom is -0.494 e. The summed E-state index contributed by atoms with van der Waals surface area (Å²) in [7, 11) is 0. The molecule has 4 heteroatoms. The zero-order chi connectivity index (χ0) is 20.1. The van der Waals surface area contributed by atoms with E-state index in [1.54, 1.807) is 0 Å². The van der Waals surface area contributed by atoms with Crippen molar-refractivity contribution in [3.05, 3.63) is 65.2 Å². The lowest BCUT2D eigenvalue weighted by Gasteiger charge is -2.33. The van der Waals surface area contributed by atoms with Crippen molar-refractivity contribution < 1.29 is 9.53 Å². The van der Waals surface area contributed by atoms with E-state index in [-0.39, 0.29) is 5.91 Å². The first-order valence-corrected chi connectivity index (χ1v) is 11.0. The zero-order valence-corrected chi connectivity index (χ0v) is 17.5. The van der Waals surface area contributed by atoms with E-state index in [0.717, 1.165) is 64.2 Å². The number of fused-ring (bicyclic) bond motifs is 1. The summed E-state index contributed by atoms with van der Waals surface area (Å²) >= 11 is 0. The van der Waals surface area contributed by atoms with E-state index in [0.29, 0.717) is 12.5 Å². The van der Waals surface area contributed by atoms with E-state index in [2.05, 4.69) is 53.1 Å². The fraction of sp³-hybridized carbons (Fsp3) is 0.480. The van der Waals surface area contributed by atoms with Crippen LogP contribution < -0.4 is 4.74 Å². The predicted octanol–water partition coefficient (Wildman–Crippen LogP) is 4.07. The topological polar surface area (TPSA) is 32.8 Å². The van der Waals surface area contributed by atoms with Gasteiger partial charge in [-0.15, -0.1) is 0 Å². The molecule has 154 valence electrons. The van der Waals surface area contributed by atoms with E-state index in [1.807, 2.05) is 12.1 Å². The summed E-state index contributed by atoms with van der Waals surface area (Å²) in [5, 5.41) is 0. The first kappa shape index (κ1) is 20.0. The average Bonchev–Trinajstić information content (AvgIpc) is 3.27. The maximum Gasteiger partial charge on any atom is 0.222 e. The van der Waals surface area contributed by atoms with Crippen molar-refractivity contribution in [3.63, 3.8) is 0 Å². The van der Waals surface area contributed by atoms with Crippen molar-refractivity contribution in [2.75, 3.05) is 26.2 Å². The third-order valence-electron chi connectivity index (χ3n) is 6.22. The SMILES string of the molecule is CCCOc1ccc(CCC(=O)N2CC[C@@H](N3CCc4ccccc4C3)C2)cc1. The molecule has 0 N–H and O–H groups in total. The number of rotatable bonds is 7. The van der Waals surface area contributed by atoms with Crippen molar-refractivity contribution in [1.82, 2.24) is 9.80 Å². The Balaban J connectivity index is 1.24. The molecule has 0 saturated carbocycles. The van der Waals surface area contributed by atoms with Crippen LogP contribution in [-0.4, -0.2) is 48.0 Å². The number of hydrogen-bond acceptors (Lipinski definition) is 3. The van der Waals surface area contributed by atoms with Crippen LogP contribution >= 0.6 is 0 Å². The van der Waals surface area contributed by atoms with Gasteiger partial charge in [0.25, 0.3) is 0 Å². The molecule has 0 aromatic heterocycles. The number of benzene rings is 2. The lowest BCUT2D eigenvalue weighted by atomic mass is 9.98. The normalized spacial score (nSPS) is 19.2. The average molecular weight is 393 g/mol. The van der Waals surface area contributed by atoms with Gasteiger partial charge in [-0.3, -0.25) is 9.69 Å². The molecule has 2 aliphatic rings. The van der Waals surface area contributed by atoms with Gasteiger partial charge < -0.3 is 9.64 Å². The molecule has 2 heterocycles. The molecule has 1 saturated heterocycles. The summed E-state index contributed by atoms with van der Waals surface area (Å²) in [6, 6.07) is 17.4. The first-order valence-electron chi connectivity index (χ1n) is 11.0. The Morgan fingerprint density at radius 1 is 1.07 bits per heavy atom. The largest absolute Gasteiger partial charge is 0.494 e. The van der Waals surface area contributed by atoms with E-state index in [9.17, 15) is 4.79 Å². The lowest BCUT2D eigenvalue weighted by molar-refractivity contribution is -0.130. The number of carbonyl (C=O) groups is 1. The maximum atomic E-state index is 12.7. The molecule has 1 fully saturated rings. The number of aryl methyl sites for hydroxylation is 1. The number of likely N-dealkylation sites (tertiary alicyclic amines) is 1. The second kappa shape index (κ2) is 9.45. The van der Waals surface area contributed by atoms with E-state index < -0.39 is 0 Å². The van der Waals surface area contributed by atoms with Crippen molar-refractivity contribution in [2.24, 2.45) is 0 Å². The summed E-state index contributed by atoms with van der Waals surface area (Å²) in [6.45, 7) is 6.76. The number of hydrogen-bond donors (Lipinski definition) is 0. The van der Waals surface area contributed by atoms with Gasteiger partial charge in [-0.2, -0.15) is 0 Å². The molecule has 0 radical (unpaired) electrons. The highest BCUT2D eigenvalue weighted by Gasteiger charge is 2.31. The van der Waals surface area contributed by atoms with E-state index >= 15 is 0 Å². The second-order valence-electron chi connectivity index (χ2n) is 8.26. The van der Waals surface area contributed by atoms with Gasteiger partial charge in [0.05, 0.1) is 6.61 Å². The van der Waals surface area contributed by atoms with Gasteiger partial charge in [0.15, 0.2) is 0 Å². The van der Waals surface area contributed by atoms with Crippen molar-refractivity contribution in [1.29, 1.82) is 0 Å². The predicted molar refractivity (Wildman–Crippen MR) is 116 cm³/mol. The number of amides is 1. The Hall–Kier alpha value is -2.33. The van der Waals surface area contributed by atoms with Gasteiger partial charge in [-0.25, -0.2) is 0 Å². The zero-order valence-electron chi connectivity index (χ0n) is 17.5. The Kier molecular flexibility index (Phi) is 6.50. The minimum atomic E-state index is 0.288. The minimum absolute atomic E-state index is 0.288. The smallest absolute Gasteiger partial charge is 0.222 e. The van der Waals surface area contributed by atoms with Crippen LogP contribution in [0.2, 0.25) is 0 Å². The number of ether oxygens (including phenoxy) is 1. The Labute approximate surface area is 174 Å². The molecule has 0 spiro atoms. The highest BCUT2D eigenvalue weighted by molar-refractivity contribution is 5.76. The summed E-state index contributed by atoms with van der Waals surface area (Å²) in [4.78, 5) is 17.4. The van der Waals surface area contributed by atoms with Gasteiger partial charge in [0.2, 0.25) is 5.91 Å². The Morgan fingerprint density at radius 3 is 2.66 bits per heavy atom. The molecule has 4 rings (SSSR count). The van der Waals surface area contributed by atoms with Crippen LogP contribution in [0.5, 0.6) is 5.75 Å². The molecular formula is C25H32N2O2. The van der Waals surface area contributed by atoms with Gasteiger partial charge in [0, 0.05) is 38.6 Å². The second-order valence-corrected chi connectivity index (χ2v) is 8.26. The number of carbonyl (C=O) groups excluding carboxylic acids is 1. The lowest BCUT2D eigenvalue weighted by Crippen LogP contribution is -2.41. The maximum absolute atomic E-state index is 12.7. The van der Waals surface area contributed by atoms with Crippen molar-refractivity contribution in [2.45, 2.75) is 51.6 Å². The summed E-state index contributed by atoms with van der Waals surface area (Å²) in [6.07, 6.45) is 4.61. The molecule has 2 aromatic carbocycles. The highest BCUT2D eigenvalue weighted by Crippen LogP contribution is 2.25. The van der Waals surface area contributed by atoms with Crippen molar-refractivity contribution in [3.8, 4) is 5.75 Å². The fourth-order valence-electron chi connectivity index (χ4n) is 4.48. The van der Waals surface area contributed by atoms with Crippen LogP contribution in [-0.2, 0) is 24.2 Å².